The van der Waals surface area contributed by atoms with E-state index in [4.69, 9.17) is 16.6 Å². The van der Waals surface area contributed by atoms with Crippen molar-refractivity contribution in [3.05, 3.63) is 99.3 Å². The predicted molar refractivity (Wildman–Crippen MR) is 125 cm³/mol. The van der Waals surface area contributed by atoms with Crippen LogP contribution in [0.3, 0.4) is 0 Å². The quantitative estimate of drug-likeness (QED) is 0.502. The van der Waals surface area contributed by atoms with Crippen LogP contribution in [0.25, 0.3) is 0 Å². The maximum Gasteiger partial charge on any atom is 0.123 e. The second-order valence-electron chi connectivity index (χ2n) is 7.68. The molecule has 1 aliphatic rings. The largest absolute Gasteiger partial charge is 0.382 e. The Hall–Kier alpha value is -2.65. The van der Waals surface area contributed by atoms with Crippen molar-refractivity contribution in [1.82, 2.24) is 0 Å². The minimum atomic E-state index is -0.252. The highest BCUT2D eigenvalue weighted by Gasteiger charge is 2.21. The molecular formula is C26H26ClFN2. The summed E-state index contributed by atoms with van der Waals surface area (Å²) in [5.41, 5.74) is 7.91. The molecule has 30 heavy (non-hydrogen) atoms. The van der Waals surface area contributed by atoms with E-state index < -0.39 is 0 Å². The van der Waals surface area contributed by atoms with E-state index in [0.29, 0.717) is 5.02 Å². The van der Waals surface area contributed by atoms with Gasteiger partial charge in [-0.3, -0.25) is 4.99 Å². The van der Waals surface area contributed by atoms with Gasteiger partial charge in [-0.1, -0.05) is 43.6 Å². The number of fused-ring (bicyclic) bond motifs is 1. The molecule has 1 N–H and O–H groups in total. The van der Waals surface area contributed by atoms with Gasteiger partial charge in [0.1, 0.15) is 5.82 Å². The highest BCUT2D eigenvalue weighted by Crippen LogP contribution is 2.28. The maximum atomic E-state index is 13.5. The minimum Gasteiger partial charge on any atom is -0.382 e. The van der Waals surface area contributed by atoms with Crippen LogP contribution in [-0.4, -0.2) is 18.3 Å². The zero-order chi connectivity index (χ0) is 21.1. The molecule has 0 bridgehead atoms. The molecule has 2 nitrogen and oxygen atoms in total. The van der Waals surface area contributed by atoms with Gasteiger partial charge in [-0.2, -0.15) is 0 Å². The van der Waals surface area contributed by atoms with Gasteiger partial charge in [0.15, 0.2) is 0 Å². The minimum absolute atomic E-state index is 0.0636. The van der Waals surface area contributed by atoms with Gasteiger partial charge in [0, 0.05) is 28.4 Å². The molecule has 3 aromatic rings. The van der Waals surface area contributed by atoms with E-state index in [1.54, 1.807) is 12.1 Å². The number of aliphatic imine (C=N–C) groups is 1. The van der Waals surface area contributed by atoms with Crippen LogP contribution >= 0.6 is 11.6 Å². The summed E-state index contributed by atoms with van der Waals surface area (Å²) in [6, 6.07) is 19.0. The summed E-state index contributed by atoms with van der Waals surface area (Å²) < 4.78 is 13.5. The molecule has 0 saturated carbocycles. The van der Waals surface area contributed by atoms with Crippen molar-refractivity contribution in [3.63, 3.8) is 0 Å². The topological polar surface area (TPSA) is 24.4 Å². The number of benzodiazepines with no additional fused rings is 1. The van der Waals surface area contributed by atoms with Crippen LogP contribution in [0.15, 0.2) is 65.7 Å². The van der Waals surface area contributed by atoms with Gasteiger partial charge >= 0.3 is 0 Å². The molecule has 154 valence electrons. The summed E-state index contributed by atoms with van der Waals surface area (Å²) in [6.45, 7) is 5.16. The van der Waals surface area contributed by atoms with Gasteiger partial charge in [0.2, 0.25) is 0 Å². The second kappa shape index (κ2) is 9.01. The number of hydrogen-bond acceptors (Lipinski definition) is 2. The summed E-state index contributed by atoms with van der Waals surface area (Å²) in [7, 11) is 0. The number of nitrogens with one attached hydrogen (secondary N) is 1. The fourth-order valence-corrected chi connectivity index (χ4v) is 4.44. The lowest BCUT2D eigenvalue weighted by Gasteiger charge is -2.17. The molecule has 1 aliphatic heterocycles. The highest BCUT2D eigenvalue weighted by atomic mass is 35.5. The van der Waals surface area contributed by atoms with Crippen molar-refractivity contribution in [2.75, 3.05) is 11.9 Å². The Bertz CT molecular complexity index is 1070. The molecule has 4 rings (SSSR count). The average molecular weight is 421 g/mol. The maximum absolute atomic E-state index is 13.5. The Balaban J connectivity index is 1.77. The molecule has 0 spiro atoms. The van der Waals surface area contributed by atoms with Crippen molar-refractivity contribution in [1.29, 1.82) is 0 Å². The number of halogens is 2. The Kier molecular flexibility index (Phi) is 6.19. The van der Waals surface area contributed by atoms with E-state index in [1.807, 2.05) is 18.2 Å². The van der Waals surface area contributed by atoms with E-state index in [-0.39, 0.29) is 11.9 Å². The lowest BCUT2D eigenvalue weighted by molar-refractivity contribution is 0.627. The first kappa shape index (κ1) is 20.6. The van der Waals surface area contributed by atoms with E-state index in [9.17, 15) is 4.39 Å². The van der Waals surface area contributed by atoms with E-state index in [1.165, 1.54) is 28.8 Å². The zero-order valence-electron chi connectivity index (χ0n) is 17.4. The molecule has 0 amide bonds. The lowest BCUT2D eigenvalue weighted by Crippen LogP contribution is -2.21. The summed E-state index contributed by atoms with van der Waals surface area (Å²) in [5, 5.41) is 4.21. The fourth-order valence-electron chi connectivity index (χ4n) is 4.27. The van der Waals surface area contributed by atoms with Gasteiger partial charge in [-0.15, -0.1) is 0 Å². The lowest BCUT2D eigenvalue weighted by atomic mass is 9.93. The van der Waals surface area contributed by atoms with Crippen molar-refractivity contribution in [2.24, 2.45) is 4.99 Å². The molecule has 0 saturated heterocycles. The van der Waals surface area contributed by atoms with Gasteiger partial charge in [0.25, 0.3) is 0 Å². The monoisotopic (exact) mass is 420 g/mol. The highest BCUT2D eigenvalue weighted by molar-refractivity contribution is 6.31. The molecule has 3 aromatic carbocycles. The van der Waals surface area contributed by atoms with Crippen LogP contribution in [0.5, 0.6) is 0 Å². The molecule has 1 unspecified atom stereocenters. The molecule has 0 aromatic heterocycles. The molecule has 4 heteroatoms. The van der Waals surface area contributed by atoms with Crippen LogP contribution in [0, 0.1) is 5.82 Å². The fraction of sp³-hybridized carbons (Fsp3) is 0.269. The molecule has 1 heterocycles. The number of aryl methyl sites for hydroxylation is 1. The summed E-state index contributed by atoms with van der Waals surface area (Å²) in [4.78, 5) is 5.16. The molecule has 0 fully saturated rings. The number of benzene rings is 3. The predicted octanol–water partition coefficient (Wildman–Crippen LogP) is 6.48. The van der Waals surface area contributed by atoms with Gasteiger partial charge in [-0.05, 0) is 78.4 Å². The Morgan fingerprint density at radius 2 is 1.77 bits per heavy atom. The molecule has 0 aliphatic carbocycles. The first-order valence-electron chi connectivity index (χ1n) is 10.6. The van der Waals surface area contributed by atoms with Crippen LogP contribution in [0.2, 0.25) is 5.02 Å². The SMILES string of the molecule is CCc1cccc(CC2CNc3ccc(Cl)cc3C(c3ccc(F)cc3)=N2)c1CC. The van der Waals surface area contributed by atoms with E-state index >= 15 is 0 Å². The smallest absolute Gasteiger partial charge is 0.123 e. The van der Waals surface area contributed by atoms with Gasteiger partial charge in [-0.25, -0.2) is 4.39 Å². The van der Waals surface area contributed by atoms with Crippen LogP contribution < -0.4 is 5.32 Å². The van der Waals surface area contributed by atoms with Crippen LogP contribution in [0.1, 0.15) is 41.7 Å². The first-order valence-corrected chi connectivity index (χ1v) is 10.9. The molecule has 0 radical (unpaired) electrons. The third-order valence-electron chi connectivity index (χ3n) is 5.75. The second-order valence-corrected chi connectivity index (χ2v) is 8.11. The van der Waals surface area contributed by atoms with Crippen LogP contribution in [-0.2, 0) is 19.3 Å². The third-order valence-corrected chi connectivity index (χ3v) is 5.99. The number of rotatable bonds is 5. The molecule has 1 atom stereocenters. The normalized spacial score (nSPS) is 15.7. The zero-order valence-corrected chi connectivity index (χ0v) is 18.1. The summed E-state index contributed by atoms with van der Waals surface area (Å²) in [5.74, 6) is -0.252. The van der Waals surface area contributed by atoms with Crippen molar-refractivity contribution in [2.45, 2.75) is 39.2 Å². The Labute approximate surface area is 182 Å². The van der Waals surface area contributed by atoms with E-state index in [2.05, 4.69) is 37.4 Å². The summed E-state index contributed by atoms with van der Waals surface area (Å²) in [6.07, 6.45) is 2.91. The van der Waals surface area contributed by atoms with Gasteiger partial charge < -0.3 is 5.32 Å². The number of anilines is 1. The number of nitrogens with zero attached hydrogens (tertiary/aromatic N) is 1. The Morgan fingerprint density at radius 1 is 1.00 bits per heavy atom. The average Bonchev–Trinajstić information content (AvgIpc) is 2.93. The standard InChI is InChI=1S/C26H26ClFN2/c1-3-17-6-5-7-19(23(17)4-2)14-22-16-29-25-13-10-20(27)15-24(25)26(30-22)18-8-11-21(28)12-9-18/h5-13,15,22,29H,3-4,14,16H2,1-2H3. The van der Waals surface area contributed by atoms with Crippen molar-refractivity contribution in [3.8, 4) is 0 Å². The van der Waals surface area contributed by atoms with Crippen molar-refractivity contribution < 1.29 is 4.39 Å². The third kappa shape index (κ3) is 4.27. The number of hydrogen-bond donors (Lipinski definition) is 1. The molecular weight excluding hydrogens is 395 g/mol. The summed E-state index contributed by atoms with van der Waals surface area (Å²) >= 11 is 6.30. The van der Waals surface area contributed by atoms with E-state index in [0.717, 1.165) is 48.3 Å². The Morgan fingerprint density at radius 3 is 2.50 bits per heavy atom. The van der Waals surface area contributed by atoms with Crippen LogP contribution in [0.4, 0.5) is 10.1 Å². The van der Waals surface area contributed by atoms with Crippen molar-refractivity contribution >= 4 is 23.0 Å². The first-order chi connectivity index (χ1) is 14.6. The van der Waals surface area contributed by atoms with Gasteiger partial charge in [0.05, 0.1) is 11.8 Å².